The zero-order valence-electron chi connectivity index (χ0n) is 12.4. The molecule has 0 atom stereocenters. The molecular weight excluding hydrogens is 236 g/mol. The third-order valence-corrected chi connectivity index (χ3v) is 3.71. The van der Waals surface area contributed by atoms with Crippen LogP contribution in [-0.2, 0) is 6.54 Å². The van der Waals surface area contributed by atoms with E-state index in [1.807, 2.05) is 6.07 Å². The van der Waals surface area contributed by atoms with Crippen LogP contribution in [0.4, 0.5) is 0 Å². The van der Waals surface area contributed by atoms with Crippen molar-refractivity contribution in [3.05, 3.63) is 23.4 Å². The molecule has 19 heavy (non-hydrogen) atoms. The second kappa shape index (κ2) is 6.90. The molecule has 1 N–H and O–H groups in total. The van der Waals surface area contributed by atoms with E-state index >= 15 is 0 Å². The lowest BCUT2D eigenvalue weighted by Gasteiger charge is -2.22. The van der Waals surface area contributed by atoms with E-state index in [1.54, 1.807) is 0 Å². The zero-order valence-corrected chi connectivity index (χ0v) is 12.4. The summed E-state index contributed by atoms with van der Waals surface area (Å²) in [6, 6.07) is 4.65. The molecule has 0 bridgehead atoms. The van der Waals surface area contributed by atoms with Gasteiger partial charge in [-0.05, 0) is 38.2 Å². The topological polar surface area (TPSA) is 34.1 Å². The van der Waals surface area contributed by atoms with Crippen LogP contribution < -0.4 is 10.1 Å². The van der Waals surface area contributed by atoms with Gasteiger partial charge in [0, 0.05) is 24.3 Å². The number of hydrogen-bond acceptors (Lipinski definition) is 3. The number of nitrogens with one attached hydrogen (secondary N) is 1. The third kappa shape index (κ3) is 4.50. The molecule has 1 fully saturated rings. The lowest BCUT2D eigenvalue weighted by molar-refractivity contribution is 0.148. The summed E-state index contributed by atoms with van der Waals surface area (Å²) in [6.45, 7) is 7.25. The summed E-state index contributed by atoms with van der Waals surface area (Å²) >= 11 is 0. The summed E-state index contributed by atoms with van der Waals surface area (Å²) in [7, 11) is 0. The lowest BCUT2D eigenvalue weighted by Crippen LogP contribution is -2.23. The number of ether oxygens (including phenoxy) is 1. The van der Waals surface area contributed by atoms with Crippen molar-refractivity contribution in [2.45, 2.75) is 71.6 Å². The monoisotopic (exact) mass is 262 g/mol. The van der Waals surface area contributed by atoms with Gasteiger partial charge in [0.25, 0.3) is 0 Å². The van der Waals surface area contributed by atoms with Gasteiger partial charge < -0.3 is 10.1 Å². The molecule has 0 aliphatic heterocycles. The minimum Gasteiger partial charge on any atom is -0.474 e. The summed E-state index contributed by atoms with van der Waals surface area (Å²) in [5.74, 6) is 0.790. The smallest absolute Gasteiger partial charge is 0.213 e. The molecule has 1 aliphatic carbocycles. The molecule has 0 unspecified atom stereocenters. The van der Waals surface area contributed by atoms with E-state index in [-0.39, 0.29) is 0 Å². The maximum absolute atomic E-state index is 5.99. The molecule has 3 nitrogen and oxygen atoms in total. The highest BCUT2D eigenvalue weighted by Gasteiger charge is 2.15. The molecule has 0 amide bonds. The van der Waals surface area contributed by atoms with Crippen LogP contribution in [0, 0.1) is 6.92 Å². The van der Waals surface area contributed by atoms with Crippen molar-refractivity contribution >= 4 is 0 Å². The SMILES string of the molecule is Cc1nc(OC2CCCCC2)ccc1CNC(C)C. The van der Waals surface area contributed by atoms with Crippen molar-refractivity contribution in [3.8, 4) is 5.88 Å². The van der Waals surface area contributed by atoms with Crippen LogP contribution in [-0.4, -0.2) is 17.1 Å². The maximum Gasteiger partial charge on any atom is 0.213 e. The molecule has 2 rings (SSSR count). The Bertz CT molecular complexity index is 398. The minimum absolute atomic E-state index is 0.375. The molecule has 1 aromatic heterocycles. The van der Waals surface area contributed by atoms with Crippen molar-refractivity contribution in [1.82, 2.24) is 10.3 Å². The first-order valence-electron chi connectivity index (χ1n) is 7.51. The Morgan fingerprint density at radius 3 is 2.63 bits per heavy atom. The highest BCUT2D eigenvalue weighted by atomic mass is 16.5. The van der Waals surface area contributed by atoms with Crippen LogP contribution in [0.25, 0.3) is 0 Å². The van der Waals surface area contributed by atoms with Crippen molar-refractivity contribution < 1.29 is 4.74 Å². The van der Waals surface area contributed by atoms with Crippen molar-refractivity contribution in [2.24, 2.45) is 0 Å². The van der Waals surface area contributed by atoms with Crippen molar-refractivity contribution in [1.29, 1.82) is 0 Å². The first kappa shape index (κ1) is 14.3. The quantitative estimate of drug-likeness (QED) is 0.880. The average molecular weight is 262 g/mol. The first-order valence-corrected chi connectivity index (χ1v) is 7.51. The Kier molecular flexibility index (Phi) is 5.20. The summed E-state index contributed by atoms with van der Waals surface area (Å²) in [5, 5.41) is 3.42. The minimum atomic E-state index is 0.375. The van der Waals surface area contributed by atoms with E-state index in [1.165, 1.54) is 37.7 Å². The van der Waals surface area contributed by atoms with Crippen molar-refractivity contribution in [3.63, 3.8) is 0 Å². The predicted molar refractivity (Wildman–Crippen MR) is 78.5 cm³/mol. The van der Waals surface area contributed by atoms with Gasteiger partial charge in [0.05, 0.1) is 0 Å². The Morgan fingerprint density at radius 1 is 1.26 bits per heavy atom. The molecule has 0 saturated heterocycles. The normalized spacial score (nSPS) is 16.8. The summed E-state index contributed by atoms with van der Waals surface area (Å²) < 4.78 is 5.99. The highest BCUT2D eigenvalue weighted by molar-refractivity contribution is 5.25. The summed E-state index contributed by atoms with van der Waals surface area (Å²) in [4.78, 5) is 4.58. The molecule has 1 aromatic rings. The van der Waals surface area contributed by atoms with E-state index in [9.17, 15) is 0 Å². The Labute approximate surface area is 116 Å². The maximum atomic E-state index is 5.99. The second-order valence-corrected chi connectivity index (χ2v) is 5.81. The molecule has 0 aromatic carbocycles. The number of pyridine rings is 1. The fourth-order valence-electron chi connectivity index (χ4n) is 2.49. The number of nitrogens with zero attached hydrogens (tertiary/aromatic N) is 1. The Balaban J connectivity index is 1.93. The molecule has 106 valence electrons. The Hall–Kier alpha value is -1.09. The van der Waals surface area contributed by atoms with E-state index in [0.29, 0.717) is 12.1 Å². The number of rotatable bonds is 5. The van der Waals surface area contributed by atoms with Crippen LogP contribution in [0.1, 0.15) is 57.2 Å². The zero-order chi connectivity index (χ0) is 13.7. The number of hydrogen-bond donors (Lipinski definition) is 1. The Morgan fingerprint density at radius 2 is 2.00 bits per heavy atom. The largest absolute Gasteiger partial charge is 0.474 e. The van der Waals surface area contributed by atoms with Gasteiger partial charge in [-0.1, -0.05) is 26.3 Å². The fraction of sp³-hybridized carbons (Fsp3) is 0.688. The molecule has 1 heterocycles. The van der Waals surface area contributed by atoms with Crippen LogP contribution in [0.3, 0.4) is 0 Å². The molecule has 1 aliphatic rings. The van der Waals surface area contributed by atoms with Gasteiger partial charge in [-0.2, -0.15) is 0 Å². The lowest BCUT2D eigenvalue weighted by atomic mass is 9.98. The van der Waals surface area contributed by atoms with Gasteiger partial charge in [0.1, 0.15) is 6.10 Å². The summed E-state index contributed by atoms with van der Waals surface area (Å²) in [6.07, 6.45) is 6.67. The van der Waals surface area contributed by atoms with Gasteiger partial charge in [-0.3, -0.25) is 0 Å². The molecule has 0 radical (unpaired) electrons. The van der Waals surface area contributed by atoms with Crippen LogP contribution in [0.5, 0.6) is 5.88 Å². The van der Waals surface area contributed by atoms with E-state index in [4.69, 9.17) is 4.74 Å². The second-order valence-electron chi connectivity index (χ2n) is 5.81. The number of aryl methyl sites for hydroxylation is 1. The van der Waals surface area contributed by atoms with Crippen LogP contribution >= 0.6 is 0 Å². The van der Waals surface area contributed by atoms with E-state index in [2.05, 4.69) is 37.1 Å². The fourth-order valence-corrected chi connectivity index (χ4v) is 2.49. The van der Waals surface area contributed by atoms with Crippen LogP contribution in [0.2, 0.25) is 0 Å². The first-order chi connectivity index (χ1) is 9.15. The average Bonchev–Trinajstić information content (AvgIpc) is 2.39. The molecular formula is C16H26N2O. The standard InChI is InChI=1S/C16H26N2O/c1-12(2)17-11-14-9-10-16(18-13(14)3)19-15-7-5-4-6-8-15/h9-10,12,15,17H,4-8,11H2,1-3H3. The molecule has 3 heteroatoms. The van der Waals surface area contributed by atoms with Gasteiger partial charge in [-0.25, -0.2) is 4.98 Å². The van der Waals surface area contributed by atoms with E-state index in [0.717, 1.165) is 18.1 Å². The highest BCUT2D eigenvalue weighted by Crippen LogP contribution is 2.23. The number of aromatic nitrogens is 1. The van der Waals surface area contributed by atoms with E-state index < -0.39 is 0 Å². The van der Waals surface area contributed by atoms with Gasteiger partial charge in [-0.15, -0.1) is 0 Å². The third-order valence-electron chi connectivity index (χ3n) is 3.71. The van der Waals surface area contributed by atoms with Crippen LogP contribution in [0.15, 0.2) is 12.1 Å². The molecule has 0 spiro atoms. The predicted octanol–water partition coefficient (Wildman–Crippen LogP) is 3.60. The van der Waals surface area contributed by atoms with Gasteiger partial charge in [0.15, 0.2) is 0 Å². The van der Waals surface area contributed by atoms with Crippen molar-refractivity contribution in [2.75, 3.05) is 0 Å². The van der Waals surface area contributed by atoms with Gasteiger partial charge >= 0.3 is 0 Å². The summed E-state index contributed by atoms with van der Waals surface area (Å²) in [5.41, 5.74) is 2.33. The molecule has 1 saturated carbocycles. The van der Waals surface area contributed by atoms with Gasteiger partial charge in [0.2, 0.25) is 5.88 Å².